The molecule has 1 aromatic carbocycles. The van der Waals surface area contributed by atoms with E-state index in [0.717, 1.165) is 56.8 Å². The lowest BCUT2D eigenvalue weighted by molar-refractivity contribution is -0.134. The fourth-order valence-electron chi connectivity index (χ4n) is 4.47. The highest BCUT2D eigenvalue weighted by Gasteiger charge is 2.33. The molecule has 2 heterocycles. The van der Waals surface area contributed by atoms with Gasteiger partial charge in [-0.05, 0) is 57.1 Å². The van der Waals surface area contributed by atoms with E-state index in [-0.39, 0.29) is 12.0 Å². The maximum atomic E-state index is 13.3. The summed E-state index contributed by atoms with van der Waals surface area (Å²) in [6.07, 6.45) is 5.27. The van der Waals surface area contributed by atoms with Gasteiger partial charge in [-0.25, -0.2) is 9.67 Å². The Kier molecular flexibility index (Phi) is 4.32. The quantitative estimate of drug-likeness (QED) is 0.845. The second-order valence-corrected chi connectivity index (χ2v) is 7.37. The molecule has 5 nitrogen and oxygen atoms in total. The summed E-state index contributed by atoms with van der Waals surface area (Å²) in [5.74, 6) is 2.08. The number of hydrogen-bond acceptors (Lipinski definition) is 3. The number of amides is 1. The number of fused-ring (bicyclic) bond motifs is 1. The normalized spacial score (nSPS) is 23.4. The number of piperidine rings is 1. The number of hydrogen-bond donors (Lipinski definition) is 0. The maximum absolute atomic E-state index is 13.3. The summed E-state index contributed by atoms with van der Waals surface area (Å²) in [5, 5.41) is 4.54. The number of carbonyl (C=O) groups excluding carboxylic acids is 1. The van der Waals surface area contributed by atoms with E-state index in [1.54, 1.807) is 0 Å². The van der Waals surface area contributed by atoms with Crippen LogP contribution in [0.4, 0.5) is 0 Å². The standard InChI is InChI=1S/C20H26N4O/c1-14-21-15(2)24(22-14)17-9-6-12-23(13-17)20(25)19-11-5-8-16-7-3-4-10-18(16)19/h3-4,7,10,17,19H,5-6,8-9,11-13H2,1-2H3/t17-,19+/m1/s1. The number of nitrogens with zero attached hydrogens (tertiary/aromatic N) is 4. The molecule has 1 saturated heterocycles. The fraction of sp³-hybridized carbons (Fsp3) is 0.550. The van der Waals surface area contributed by atoms with Gasteiger partial charge in [0.1, 0.15) is 11.6 Å². The van der Waals surface area contributed by atoms with Crippen molar-refractivity contribution in [2.24, 2.45) is 0 Å². The molecule has 1 aromatic heterocycles. The van der Waals surface area contributed by atoms with Crippen LogP contribution < -0.4 is 0 Å². The van der Waals surface area contributed by atoms with E-state index < -0.39 is 0 Å². The fourth-order valence-corrected chi connectivity index (χ4v) is 4.47. The van der Waals surface area contributed by atoms with Crippen LogP contribution in [-0.2, 0) is 11.2 Å². The second kappa shape index (κ2) is 6.62. The molecular formula is C20H26N4O. The van der Waals surface area contributed by atoms with E-state index in [4.69, 9.17) is 0 Å². The summed E-state index contributed by atoms with van der Waals surface area (Å²) in [6, 6.07) is 8.71. The molecule has 5 heteroatoms. The summed E-state index contributed by atoms with van der Waals surface area (Å²) >= 11 is 0. The number of likely N-dealkylation sites (tertiary alicyclic amines) is 1. The summed E-state index contributed by atoms with van der Waals surface area (Å²) in [7, 11) is 0. The van der Waals surface area contributed by atoms with Crippen molar-refractivity contribution < 1.29 is 4.79 Å². The molecule has 2 aromatic rings. The lowest BCUT2D eigenvalue weighted by atomic mass is 9.82. The molecule has 0 bridgehead atoms. The molecule has 0 N–H and O–H groups in total. The van der Waals surface area contributed by atoms with Gasteiger partial charge in [0.05, 0.1) is 12.0 Å². The topological polar surface area (TPSA) is 51.0 Å². The first-order valence-corrected chi connectivity index (χ1v) is 9.40. The minimum atomic E-state index is 0.0299. The lowest BCUT2D eigenvalue weighted by Crippen LogP contribution is -2.44. The average Bonchev–Trinajstić information content (AvgIpc) is 2.99. The predicted octanol–water partition coefficient (Wildman–Crippen LogP) is 3.18. The van der Waals surface area contributed by atoms with E-state index in [0.29, 0.717) is 5.91 Å². The van der Waals surface area contributed by atoms with Crippen LogP contribution in [0.1, 0.15) is 60.4 Å². The summed E-state index contributed by atoms with van der Waals surface area (Å²) in [5.41, 5.74) is 2.59. The van der Waals surface area contributed by atoms with Gasteiger partial charge in [-0.3, -0.25) is 4.79 Å². The third-order valence-electron chi connectivity index (χ3n) is 5.63. The monoisotopic (exact) mass is 338 g/mol. The third-order valence-corrected chi connectivity index (χ3v) is 5.63. The highest BCUT2D eigenvalue weighted by Crippen LogP contribution is 2.34. The molecule has 0 saturated carbocycles. The number of benzene rings is 1. The van der Waals surface area contributed by atoms with E-state index in [1.165, 1.54) is 11.1 Å². The van der Waals surface area contributed by atoms with Crippen molar-refractivity contribution in [1.82, 2.24) is 19.7 Å². The third kappa shape index (κ3) is 3.08. The van der Waals surface area contributed by atoms with Crippen molar-refractivity contribution in [3.8, 4) is 0 Å². The molecule has 1 aliphatic carbocycles. The Hall–Kier alpha value is -2.17. The lowest BCUT2D eigenvalue weighted by Gasteiger charge is -2.36. The molecular weight excluding hydrogens is 312 g/mol. The molecule has 25 heavy (non-hydrogen) atoms. The molecule has 0 radical (unpaired) electrons. The molecule has 2 aliphatic rings. The first-order chi connectivity index (χ1) is 12.1. The van der Waals surface area contributed by atoms with E-state index >= 15 is 0 Å². The molecule has 1 aliphatic heterocycles. The molecule has 1 amide bonds. The molecule has 0 unspecified atom stereocenters. The molecule has 4 rings (SSSR count). The van der Waals surface area contributed by atoms with Crippen molar-refractivity contribution in [3.63, 3.8) is 0 Å². The van der Waals surface area contributed by atoms with Gasteiger partial charge in [0.2, 0.25) is 5.91 Å². The van der Waals surface area contributed by atoms with Crippen LogP contribution in [0.25, 0.3) is 0 Å². The Morgan fingerprint density at radius 2 is 2.00 bits per heavy atom. The molecule has 1 fully saturated rings. The van der Waals surface area contributed by atoms with Gasteiger partial charge in [0.15, 0.2) is 0 Å². The van der Waals surface area contributed by atoms with E-state index in [9.17, 15) is 4.79 Å². The highest BCUT2D eigenvalue weighted by atomic mass is 16.2. The number of aromatic nitrogens is 3. The van der Waals surface area contributed by atoms with Gasteiger partial charge >= 0.3 is 0 Å². The molecule has 0 spiro atoms. The second-order valence-electron chi connectivity index (χ2n) is 7.37. The average molecular weight is 338 g/mol. The number of aryl methyl sites for hydroxylation is 3. The van der Waals surface area contributed by atoms with E-state index in [2.05, 4.69) is 39.2 Å². The highest BCUT2D eigenvalue weighted by molar-refractivity contribution is 5.84. The van der Waals surface area contributed by atoms with Crippen molar-refractivity contribution in [3.05, 3.63) is 47.0 Å². The number of carbonyl (C=O) groups is 1. The van der Waals surface area contributed by atoms with Crippen LogP contribution >= 0.6 is 0 Å². The van der Waals surface area contributed by atoms with Crippen LogP contribution in [0.3, 0.4) is 0 Å². The van der Waals surface area contributed by atoms with Gasteiger partial charge in [-0.15, -0.1) is 0 Å². The zero-order valence-electron chi connectivity index (χ0n) is 15.1. The largest absolute Gasteiger partial charge is 0.340 e. The Bertz CT molecular complexity index is 782. The Balaban J connectivity index is 1.54. The minimum Gasteiger partial charge on any atom is -0.340 e. The summed E-state index contributed by atoms with van der Waals surface area (Å²) < 4.78 is 2.02. The van der Waals surface area contributed by atoms with Crippen LogP contribution in [0.2, 0.25) is 0 Å². The molecule has 2 atom stereocenters. The van der Waals surface area contributed by atoms with Gasteiger partial charge in [-0.1, -0.05) is 24.3 Å². The smallest absolute Gasteiger partial charge is 0.230 e. The number of rotatable bonds is 2. The summed E-state index contributed by atoms with van der Waals surface area (Å²) in [6.45, 7) is 5.54. The van der Waals surface area contributed by atoms with Gasteiger partial charge in [0.25, 0.3) is 0 Å². The van der Waals surface area contributed by atoms with Crippen molar-refractivity contribution in [2.45, 2.75) is 57.9 Å². The van der Waals surface area contributed by atoms with Crippen LogP contribution in [0.5, 0.6) is 0 Å². The predicted molar refractivity (Wildman–Crippen MR) is 96.5 cm³/mol. The van der Waals surface area contributed by atoms with Gasteiger partial charge in [-0.2, -0.15) is 5.10 Å². The van der Waals surface area contributed by atoms with E-state index in [1.807, 2.05) is 18.5 Å². The SMILES string of the molecule is Cc1nc(C)n([C@@H]2CCCN(C(=O)[C@H]3CCCc4ccccc43)C2)n1. The van der Waals surface area contributed by atoms with Crippen LogP contribution in [0, 0.1) is 13.8 Å². The van der Waals surface area contributed by atoms with Crippen LogP contribution in [-0.4, -0.2) is 38.7 Å². The van der Waals surface area contributed by atoms with Crippen LogP contribution in [0.15, 0.2) is 24.3 Å². The minimum absolute atomic E-state index is 0.0299. The van der Waals surface area contributed by atoms with Crippen molar-refractivity contribution in [1.29, 1.82) is 0 Å². The van der Waals surface area contributed by atoms with Crippen molar-refractivity contribution in [2.75, 3.05) is 13.1 Å². The Labute approximate surface area is 149 Å². The van der Waals surface area contributed by atoms with Gasteiger partial charge in [0, 0.05) is 13.1 Å². The van der Waals surface area contributed by atoms with Gasteiger partial charge < -0.3 is 4.90 Å². The Morgan fingerprint density at radius 1 is 1.16 bits per heavy atom. The zero-order chi connectivity index (χ0) is 17.4. The zero-order valence-corrected chi connectivity index (χ0v) is 15.1. The first kappa shape index (κ1) is 16.3. The summed E-state index contributed by atoms with van der Waals surface area (Å²) in [4.78, 5) is 19.8. The molecule has 132 valence electrons. The maximum Gasteiger partial charge on any atom is 0.230 e. The first-order valence-electron chi connectivity index (χ1n) is 9.40. The van der Waals surface area contributed by atoms with Crippen molar-refractivity contribution >= 4 is 5.91 Å². The Morgan fingerprint density at radius 3 is 2.80 bits per heavy atom.